The fraction of sp³-hybridized carbons (Fsp3) is 0.600. The van der Waals surface area contributed by atoms with Crippen molar-refractivity contribution in [2.24, 2.45) is 11.6 Å². The Kier molecular flexibility index (Phi) is 4.16. The molecule has 0 bridgehead atoms. The molecule has 6 N–H and O–H groups in total. The Hall–Kier alpha value is -1.14. The van der Waals surface area contributed by atoms with Crippen molar-refractivity contribution >= 4 is 11.9 Å². The first kappa shape index (κ1) is 9.86. The molecule has 0 aliphatic rings. The molecular weight excluding hydrogens is 150 g/mol. The summed E-state index contributed by atoms with van der Waals surface area (Å²) in [7, 11) is 0. The molecule has 0 aliphatic heterocycles. The van der Waals surface area contributed by atoms with Gasteiger partial charge in [-0.2, -0.15) is 0 Å². The summed E-state index contributed by atoms with van der Waals surface area (Å²) >= 11 is 0. The number of hydrogen-bond donors (Lipinski definition) is 4. The van der Waals surface area contributed by atoms with E-state index >= 15 is 0 Å². The third-order valence-electron chi connectivity index (χ3n) is 1.18. The summed E-state index contributed by atoms with van der Waals surface area (Å²) in [5.74, 6) is 3.25. The molecule has 11 heavy (non-hydrogen) atoms. The van der Waals surface area contributed by atoms with Crippen LogP contribution in [-0.2, 0) is 9.59 Å². The molecule has 0 saturated carbocycles. The van der Waals surface area contributed by atoms with E-state index in [2.05, 4.69) is 0 Å². The van der Waals surface area contributed by atoms with Crippen LogP contribution in [0.3, 0.4) is 0 Å². The predicted molar refractivity (Wildman–Crippen MR) is 37.2 cm³/mol. The zero-order chi connectivity index (χ0) is 8.85. The van der Waals surface area contributed by atoms with E-state index in [0.717, 1.165) is 0 Å². The van der Waals surface area contributed by atoms with Crippen molar-refractivity contribution in [1.82, 2.24) is 5.43 Å². The first-order valence-electron chi connectivity index (χ1n) is 3.05. The summed E-state index contributed by atoms with van der Waals surface area (Å²) in [6.07, 6.45) is 0.127. The fourth-order valence-corrected chi connectivity index (χ4v) is 0.565. The second kappa shape index (κ2) is 4.64. The van der Waals surface area contributed by atoms with Crippen molar-refractivity contribution < 1.29 is 14.7 Å². The van der Waals surface area contributed by atoms with E-state index in [9.17, 15) is 9.59 Å². The largest absolute Gasteiger partial charge is 0.480 e. The van der Waals surface area contributed by atoms with Crippen molar-refractivity contribution in [2.45, 2.75) is 18.9 Å². The van der Waals surface area contributed by atoms with Gasteiger partial charge in [0.2, 0.25) is 5.91 Å². The fourth-order valence-electron chi connectivity index (χ4n) is 0.565. The molecule has 0 saturated heterocycles. The molecule has 6 nitrogen and oxygen atoms in total. The van der Waals surface area contributed by atoms with Crippen LogP contribution in [-0.4, -0.2) is 23.0 Å². The number of amides is 1. The first-order valence-corrected chi connectivity index (χ1v) is 3.05. The molecule has 0 aromatic carbocycles. The Morgan fingerprint density at radius 1 is 1.55 bits per heavy atom. The Bertz CT molecular complexity index is 159. The zero-order valence-electron chi connectivity index (χ0n) is 5.91. The van der Waals surface area contributed by atoms with E-state index in [1.54, 1.807) is 0 Å². The highest BCUT2D eigenvalue weighted by atomic mass is 16.4. The lowest BCUT2D eigenvalue weighted by Crippen LogP contribution is -2.41. The summed E-state index contributed by atoms with van der Waals surface area (Å²) < 4.78 is 0. The molecule has 0 aromatic rings. The zero-order valence-corrected chi connectivity index (χ0v) is 5.91. The number of carboxylic acid groups (broad SMARTS) is 1. The van der Waals surface area contributed by atoms with Crippen LogP contribution in [0.5, 0.6) is 0 Å². The highest BCUT2D eigenvalue weighted by molar-refractivity contribution is 5.77. The van der Waals surface area contributed by atoms with Crippen molar-refractivity contribution in [3.8, 4) is 0 Å². The highest BCUT2D eigenvalue weighted by Gasteiger charge is 2.15. The smallest absolute Gasteiger partial charge is 0.322 e. The molecule has 0 heterocycles. The summed E-state index contributed by atoms with van der Waals surface area (Å²) in [6, 6.07) is -0.900. The molecule has 6 heteroatoms. The Morgan fingerprint density at radius 3 is 2.36 bits per heavy atom. The third kappa shape index (κ3) is 4.29. The van der Waals surface area contributed by atoms with E-state index in [1.807, 2.05) is 5.43 Å². The van der Waals surface area contributed by atoms with Gasteiger partial charge in [0, 0.05) is 6.42 Å². The van der Waals surface area contributed by atoms with Gasteiger partial charge in [-0.25, -0.2) is 5.43 Å². The van der Waals surface area contributed by atoms with Gasteiger partial charge < -0.3 is 10.8 Å². The average molecular weight is 161 g/mol. The molecular formula is C5H11N3O3. The van der Waals surface area contributed by atoms with Gasteiger partial charge in [0.25, 0.3) is 0 Å². The van der Waals surface area contributed by atoms with Gasteiger partial charge in [-0.3, -0.25) is 15.4 Å². The van der Waals surface area contributed by atoms with E-state index in [-0.39, 0.29) is 12.8 Å². The molecule has 64 valence electrons. The highest BCUT2D eigenvalue weighted by Crippen LogP contribution is 1.94. The molecule has 0 fully saturated rings. The van der Waals surface area contributed by atoms with Crippen molar-refractivity contribution in [3.63, 3.8) is 0 Å². The van der Waals surface area contributed by atoms with Crippen LogP contribution in [0.2, 0.25) is 0 Å². The van der Waals surface area contributed by atoms with Crippen molar-refractivity contribution in [1.29, 1.82) is 0 Å². The molecule has 0 radical (unpaired) electrons. The van der Waals surface area contributed by atoms with E-state index in [1.165, 1.54) is 0 Å². The Balaban J connectivity index is 3.70. The molecule has 0 spiro atoms. The van der Waals surface area contributed by atoms with Crippen LogP contribution in [0, 0.1) is 0 Å². The maximum absolute atomic E-state index is 10.2. The van der Waals surface area contributed by atoms with Gasteiger partial charge >= 0.3 is 5.97 Å². The van der Waals surface area contributed by atoms with Gasteiger partial charge in [-0.1, -0.05) is 0 Å². The second-order valence-electron chi connectivity index (χ2n) is 2.06. The summed E-state index contributed by atoms with van der Waals surface area (Å²) in [5.41, 5.74) is 6.84. The number of aliphatic carboxylic acids is 1. The minimum atomic E-state index is -1.09. The number of primary amides is 1. The number of carbonyl (C=O) groups is 2. The molecule has 1 unspecified atom stereocenters. The Labute approximate surface area is 63.5 Å². The van der Waals surface area contributed by atoms with Gasteiger partial charge in [-0.05, 0) is 6.42 Å². The molecule has 0 aromatic heterocycles. The molecule has 1 amide bonds. The first-order chi connectivity index (χ1) is 5.07. The maximum atomic E-state index is 10.2. The van der Waals surface area contributed by atoms with E-state index < -0.39 is 17.9 Å². The summed E-state index contributed by atoms with van der Waals surface area (Å²) in [5, 5.41) is 8.39. The standard InChI is InChI=1S/C5H11N3O3/c6-4(9)2-1-3(8-7)5(10)11/h3,8H,1-2,7H2,(H2,6,9)(H,10,11). The lowest BCUT2D eigenvalue weighted by atomic mass is 10.1. The molecule has 0 aliphatic carbocycles. The minimum absolute atomic E-state index is 0.0150. The van der Waals surface area contributed by atoms with Gasteiger partial charge in [0.1, 0.15) is 6.04 Å². The van der Waals surface area contributed by atoms with Crippen LogP contribution >= 0.6 is 0 Å². The lowest BCUT2D eigenvalue weighted by Gasteiger charge is -2.07. The normalized spacial score (nSPS) is 12.5. The van der Waals surface area contributed by atoms with Gasteiger partial charge in [0.15, 0.2) is 0 Å². The second-order valence-corrected chi connectivity index (χ2v) is 2.06. The maximum Gasteiger partial charge on any atom is 0.322 e. The van der Waals surface area contributed by atoms with Crippen LogP contribution in [0.25, 0.3) is 0 Å². The number of carboxylic acids is 1. The SMILES string of the molecule is NNC(CCC(N)=O)C(=O)O. The number of nitrogens with two attached hydrogens (primary N) is 2. The third-order valence-corrected chi connectivity index (χ3v) is 1.18. The number of rotatable bonds is 5. The monoisotopic (exact) mass is 161 g/mol. The molecule has 1 atom stereocenters. The van der Waals surface area contributed by atoms with Crippen LogP contribution in [0.15, 0.2) is 0 Å². The van der Waals surface area contributed by atoms with Crippen molar-refractivity contribution in [2.75, 3.05) is 0 Å². The van der Waals surface area contributed by atoms with Crippen LogP contribution in [0.4, 0.5) is 0 Å². The average Bonchev–Trinajstić information content (AvgIpc) is 1.87. The van der Waals surface area contributed by atoms with E-state index in [4.69, 9.17) is 16.7 Å². The number of carbonyl (C=O) groups excluding carboxylic acids is 1. The summed E-state index contributed by atoms with van der Waals surface area (Å²) in [4.78, 5) is 20.5. The van der Waals surface area contributed by atoms with Gasteiger partial charge in [0.05, 0.1) is 0 Å². The van der Waals surface area contributed by atoms with Crippen molar-refractivity contribution in [3.05, 3.63) is 0 Å². The number of hydrazine groups is 1. The minimum Gasteiger partial charge on any atom is -0.480 e. The number of nitrogens with one attached hydrogen (secondary N) is 1. The van der Waals surface area contributed by atoms with E-state index in [0.29, 0.717) is 0 Å². The number of hydrogen-bond acceptors (Lipinski definition) is 4. The van der Waals surface area contributed by atoms with Crippen LogP contribution < -0.4 is 17.0 Å². The van der Waals surface area contributed by atoms with Crippen LogP contribution in [0.1, 0.15) is 12.8 Å². The predicted octanol–water partition coefficient (Wildman–Crippen LogP) is -1.83. The topological polar surface area (TPSA) is 118 Å². The quantitative estimate of drug-likeness (QED) is 0.279. The Morgan fingerprint density at radius 2 is 2.09 bits per heavy atom. The summed E-state index contributed by atoms with van der Waals surface area (Å²) in [6.45, 7) is 0. The lowest BCUT2D eigenvalue weighted by molar-refractivity contribution is -0.139. The van der Waals surface area contributed by atoms with Gasteiger partial charge in [-0.15, -0.1) is 0 Å². The molecule has 0 rings (SSSR count).